The molecule has 2 unspecified atom stereocenters. The predicted molar refractivity (Wildman–Crippen MR) is 121 cm³/mol. The molecule has 6 nitrogen and oxygen atoms in total. The summed E-state index contributed by atoms with van der Waals surface area (Å²) < 4.78 is 5.75. The van der Waals surface area contributed by atoms with Gasteiger partial charge in [-0.2, -0.15) is 0 Å². The molecule has 4 rings (SSSR count). The molecule has 2 aromatic carbocycles. The number of hydrogen-bond acceptors (Lipinski definition) is 5. The number of rotatable bonds is 7. The van der Waals surface area contributed by atoms with Crippen molar-refractivity contribution < 1.29 is 9.53 Å². The van der Waals surface area contributed by atoms with E-state index in [0.717, 1.165) is 29.0 Å². The Labute approximate surface area is 183 Å². The second kappa shape index (κ2) is 9.73. The van der Waals surface area contributed by atoms with Crippen molar-refractivity contribution in [1.82, 2.24) is 21.2 Å². The molecule has 1 amide bonds. The standard InChI is InChI=1S/C25H28N4O2/c1-17-5-3-6-18(2)25(17)31-16-23(30)27-14-19-7-4-8-21(13-19)24-22(15-28-29-24)20-9-11-26-12-10-20/h3-13,22,24,28-29H,14-16H2,1-2H3,(H,27,30). The Hall–Kier alpha value is -3.22. The minimum Gasteiger partial charge on any atom is -0.483 e. The van der Waals surface area contributed by atoms with E-state index in [1.165, 1.54) is 11.1 Å². The Balaban J connectivity index is 1.36. The van der Waals surface area contributed by atoms with Crippen molar-refractivity contribution in [3.8, 4) is 5.75 Å². The van der Waals surface area contributed by atoms with Crippen molar-refractivity contribution in [2.24, 2.45) is 0 Å². The second-order valence-electron chi connectivity index (χ2n) is 7.92. The highest BCUT2D eigenvalue weighted by atomic mass is 16.5. The van der Waals surface area contributed by atoms with Crippen molar-refractivity contribution in [1.29, 1.82) is 0 Å². The summed E-state index contributed by atoms with van der Waals surface area (Å²) in [7, 11) is 0. The lowest BCUT2D eigenvalue weighted by Crippen LogP contribution is -2.29. The van der Waals surface area contributed by atoms with Crippen LogP contribution in [-0.2, 0) is 11.3 Å². The van der Waals surface area contributed by atoms with Crippen LogP contribution < -0.4 is 20.9 Å². The molecule has 31 heavy (non-hydrogen) atoms. The number of pyridine rings is 1. The maximum Gasteiger partial charge on any atom is 0.258 e. The summed E-state index contributed by atoms with van der Waals surface area (Å²) in [4.78, 5) is 16.4. The molecule has 160 valence electrons. The zero-order valence-corrected chi connectivity index (χ0v) is 17.9. The zero-order valence-electron chi connectivity index (χ0n) is 17.9. The average molecular weight is 417 g/mol. The summed E-state index contributed by atoms with van der Waals surface area (Å²) >= 11 is 0. The highest BCUT2D eigenvalue weighted by molar-refractivity contribution is 5.77. The molecule has 2 atom stereocenters. The van der Waals surface area contributed by atoms with E-state index in [9.17, 15) is 4.79 Å². The first-order valence-corrected chi connectivity index (χ1v) is 10.5. The van der Waals surface area contributed by atoms with E-state index in [1.54, 1.807) is 0 Å². The third-order valence-corrected chi connectivity index (χ3v) is 5.67. The third-order valence-electron chi connectivity index (χ3n) is 5.67. The summed E-state index contributed by atoms with van der Waals surface area (Å²) in [5.41, 5.74) is 12.2. The van der Waals surface area contributed by atoms with Gasteiger partial charge in [0.15, 0.2) is 6.61 Å². The second-order valence-corrected chi connectivity index (χ2v) is 7.92. The van der Waals surface area contributed by atoms with Crippen LogP contribution in [-0.4, -0.2) is 24.0 Å². The van der Waals surface area contributed by atoms with Crippen LogP contribution in [0.15, 0.2) is 67.0 Å². The fourth-order valence-electron chi connectivity index (χ4n) is 4.05. The minimum atomic E-state index is -0.136. The number of aryl methyl sites for hydroxylation is 2. The topological polar surface area (TPSA) is 75.3 Å². The van der Waals surface area contributed by atoms with Crippen molar-refractivity contribution in [3.63, 3.8) is 0 Å². The molecule has 1 aliphatic heterocycles. The molecule has 0 bridgehead atoms. The molecule has 0 aliphatic carbocycles. The molecule has 3 N–H and O–H groups in total. The number of nitrogens with one attached hydrogen (secondary N) is 3. The molecule has 1 fully saturated rings. The van der Waals surface area contributed by atoms with Crippen LogP contribution in [0.3, 0.4) is 0 Å². The van der Waals surface area contributed by atoms with E-state index in [4.69, 9.17) is 4.74 Å². The number of ether oxygens (including phenoxy) is 1. The van der Waals surface area contributed by atoms with Gasteiger partial charge in [-0.15, -0.1) is 0 Å². The van der Waals surface area contributed by atoms with E-state index in [-0.39, 0.29) is 18.6 Å². The van der Waals surface area contributed by atoms with Crippen molar-refractivity contribution in [2.45, 2.75) is 32.4 Å². The van der Waals surface area contributed by atoms with Gasteiger partial charge in [-0.05, 0) is 53.8 Å². The van der Waals surface area contributed by atoms with Crippen LogP contribution in [0, 0.1) is 13.8 Å². The van der Waals surface area contributed by atoms with Crippen LogP contribution in [0.4, 0.5) is 0 Å². The van der Waals surface area contributed by atoms with E-state index in [1.807, 2.05) is 56.6 Å². The van der Waals surface area contributed by atoms with Gasteiger partial charge in [0, 0.05) is 31.4 Å². The number of para-hydroxylation sites is 1. The molecule has 6 heteroatoms. The van der Waals surface area contributed by atoms with E-state index >= 15 is 0 Å². The van der Waals surface area contributed by atoms with E-state index < -0.39 is 0 Å². The lowest BCUT2D eigenvalue weighted by atomic mass is 9.88. The summed E-state index contributed by atoms with van der Waals surface area (Å²) in [6.07, 6.45) is 3.66. The highest BCUT2D eigenvalue weighted by Crippen LogP contribution is 2.33. The quantitative estimate of drug-likeness (QED) is 0.551. The summed E-state index contributed by atoms with van der Waals surface area (Å²) in [6, 6.07) is 18.6. The van der Waals surface area contributed by atoms with Crippen LogP contribution in [0.25, 0.3) is 0 Å². The van der Waals surface area contributed by atoms with Crippen molar-refractivity contribution >= 4 is 5.91 Å². The van der Waals surface area contributed by atoms with Gasteiger partial charge < -0.3 is 10.1 Å². The Morgan fingerprint density at radius 3 is 2.58 bits per heavy atom. The van der Waals surface area contributed by atoms with Crippen LogP contribution in [0.1, 0.15) is 39.8 Å². The lowest BCUT2D eigenvalue weighted by Gasteiger charge is -2.20. The number of carbonyl (C=O) groups is 1. The maximum absolute atomic E-state index is 12.3. The van der Waals surface area contributed by atoms with Crippen molar-refractivity contribution in [3.05, 3.63) is 94.8 Å². The molecule has 0 spiro atoms. The molecular weight excluding hydrogens is 388 g/mol. The minimum absolute atomic E-state index is 0.00357. The van der Waals surface area contributed by atoms with Crippen LogP contribution in [0.2, 0.25) is 0 Å². The molecular formula is C25H28N4O2. The largest absolute Gasteiger partial charge is 0.483 e. The Morgan fingerprint density at radius 2 is 1.81 bits per heavy atom. The van der Waals surface area contributed by atoms with Crippen molar-refractivity contribution in [2.75, 3.05) is 13.2 Å². The van der Waals surface area contributed by atoms with Gasteiger partial charge in [-0.3, -0.25) is 15.2 Å². The molecule has 1 saturated heterocycles. The maximum atomic E-state index is 12.3. The average Bonchev–Trinajstić information content (AvgIpc) is 3.28. The zero-order chi connectivity index (χ0) is 21.6. The van der Waals surface area contributed by atoms with Gasteiger partial charge in [-0.1, -0.05) is 42.5 Å². The molecule has 3 aromatic rings. The Kier molecular flexibility index (Phi) is 6.60. The number of benzene rings is 2. The van der Waals surface area contributed by atoms with E-state index in [2.05, 4.69) is 45.4 Å². The van der Waals surface area contributed by atoms with Crippen LogP contribution >= 0.6 is 0 Å². The number of amides is 1. The first-order chi connectivity index (χ1) is 15.1. The molecule has 0 saturated carbocycles. The lowest BCUT2D eigenvalue weighted by molar-refractivity contribution is -0.123. The fourth-order valence-corrected chi connectivity index (χ4v) is 4.05. The first-order valence-electron chi connectivity index (χ1n) is 10.5. The number of aromatic nitrogens is 1. The van der Waals surface area contributed by atoms with Gasteiger partial charge >= 0.3 is 0 Å². The van der Waals surface area contributed by atoms with Gasteiger partial charge in [0.25, 0.3) is 5.91 Å². The van der Waals surface area contributed by atoms with Gasteiger partial charge in [0.1, 0.15) is 5.75 Å². The number of carbonyl (C=O) groups excluding carboxylic acids is 1. The fraction of sp³-hybridized carbons (Fsp3) is 0.280. The molecule has 1 aromatic heterocycles. The summed E-state index contributed by atoms with van der Waals surface area (Å²) in [5, 5.41) is 2.96. The smallest absolute Gasteiger partial charge is 0.258 e. The Bertz CT molecular complexity index is 1020. The SMILES string of the molecule is Cc1cccc(C)c1OCC(=O)NCc1cccc(C2NNCC2c2ccncc2)c1. The number of hydrogen-bond donors (Lipinski definition) is 3. The molecule has 2 heterocycles. The molecule has 0 radical (unpaired) electrons. The number of hydrazine groups is 1. The Morgan fingerprint density at radius 1 is 1.06 bits per heavy atom. The highest BCUT2D eigenvalue weighted by Gasteiger charge is 2.29. The summed E-state index contributed by atoms with van der Waals surface area (Å²) in [5.74, 6) is 0.962. The van der Waals surface area contributed by atoms with E-state index in [0.29, 0.717) is 12.5 Å². The van der Waals surface area contributed by atoms with Gasteiger partial charge in [0.05, 0.1) is 6.04 Å². The first kappa shape index (κ1) is 21.0. The number of nitrogens with zero attached hydrogens (tertiary/aromatic N) is 1. The predicted octanol–water partition coefficient (Wildman–Crippen LogP) is 3.33. The monoisotopic (exact) mass is 416 g/mol. The normalized spacial score (nSPS) is 18.0. The van der Waals surface area contributed by atoms with Gasteiger partial charge in [-0.25, -0.2) is 5.43 Å². The van der Waals surface area contributed by atoms with Crippen LogP contribution in [0.5, 0.6) is 5.75 Å². The summed E-state index contributed by atoms with van der Waals surface area (Å²) in [6.45, 7) is 5.28. The third kappa shape index (κ3) is 5.10. The van der Waals surface area contributed by atoms with Gasteiger partial charge in [0.2, 0.25) is 0 Å². The molecule has 1 aliphatic rings.